The molecule has 30 heavy (non-hydrogen) atoms. The van der Waals surface area contributed by atoms with E-state index in [0.29, 0.717) is 35.2 Å². The first kappa shape index (κ1) is 20.8. The molecule has 0 spiro atoms. The van der Waals surface area contributed by atoms with Crippen molar-refractivity contribution in [3.8, 4) is 0 Å². The Morgan fingerprint density at radius 1 is 1.27 bits per heavy atom. The van der Waals surface area contributed by atoms with E-state index in [0.717, 1.165) is 18.4 Å². The Labute approximate surface area is 182 Å². The number of nitrogens with two attached hydrogens (primary N) is 1. The molecule has 2 aromatic rings. The number of aromatic nitrogens is 2. The number of nitrogen functional groups attached to an aromatic ring is 1. The predicted octanol–water partition coefficient (Wildman–Crippen LogP) is 3.21. The van der Waals surface area contributed by atoms with Gasteiger partial charge in [0.25, 0.3) is 5.91 Å². The molecule has 1 aromatic heterocycles. The zero-order chi connectivity index (χ0) is 21.6. The number of fused-ring (bicyclic) bond motifs is 2. The number of amides is 2. The van der Waals surface area contributed by atoms with Crippen LogP contribution in [0, 0.1) is 12.7 Å². The van der Waals surface area contributed by atoms with Gasteiger partial charge in [-0.3, -0.25) is 14.7 Å². The molecule has 2 aliphatic heterocycles. The van der Waals surface area contributed by atoms with Gasteiger partial charge in [-0.2, -0.15) is 5.10 Å². The molecule has 2 bridgehead atoms. The fraction of sp³-hybridized carbons (Fsp3) is 0.476. The van der Waals surface area contributed by atoms with E-state index in [4.69, 9.17) is 5.73 Å². The van der Waals surface area contributed by atoms with Crippen LogP contribution in [0.15, 0.2) is 22.7 Å². The molecular formula is C21H25BrFN5O2. The average molecular weight is 478 g/mol. The van der Waals surface area contributed by atoms with E-state index in [-0.39, 0.29) is 35.5 Å². The summed E-state index contributed by atoms with van der Waals surface area (Å²) < 4.78 is 14.3. The van der Waals surface area contributed by atoms with Crippen LogP contribution in [0.2, 0.25) is 0 Å². The van der Waals surface area contributed by atoms with Gasteiger partial charge in [-0.05, 0) is 72.3 Å². The number of carbonyl (C=O) groups excluding carboxylic acids is 2. The van der Waals surface area contributed by atoms with E-state index >= 15 is 0 Å². The van der Waals surface area contributed by atoms with E-state index in [1.165, 1.54) is 12.1 Å². The summed E-state index contributed by atoms with van der Waals surface area (Å²) in [5.74, 6) is -0.713. The van der Waals surface area contributed by atoms with Crippen LogP contribution < -0.4 is 5.73 Å². The molecule has 3 heterocycles. The Morgan fingerprint density at radius 3 is 2.67 bits per heavy atom. The molecular weight excluding hydrogens is 453 g/mol. The van der Waals surface area contributed by atoms with Crippen LogP contribution in [-0.4, -0.2) is 57.0 Å². The third-order valence-corrected chi connectivity index (χ3v) is 7.01. The molecule has 3 N–H and O–H groups in total. The molecule has 7 nitrogen and oxygen atoms in total. The van der Waals surface area contributed by atoms with Gasteiger partial charge in [0, 0.05) is 25.2 Å². The van der Waals surface area contributed by atoms with Gasteiger partial charge in [-0.1, -0.05) is 6.07 Å². The van der Waals surface area contributed by atoms with Crippen molar-refractivity contribution >= 4 is 33.6 Å². The Kier molecular flexibility index (Phi) is 5.57. The fourth-order valence-corrected chi connectivity index (χ4v) is 4.99. The third-order valence-electron chi connectivity index (χ3n) is 6.21. The number of carbonyl (C=O) groups is 2. The lowest BCUT2D eigenvalue weighted by atomic mass is 9.97. The Bertz CT molecular complexity index is 974. The first-order valence-corrected chi connectivity index (χ1v) is 10.9. The number of H-pyrrole nitrogens is 1. The maximum Gasteiger partial charge on any atom is 0.273 e. The normalized spacial score (nSPS) is 22.1. The van der Waals surface area contributed by atoms with Crippen molar-refractivity contribution in [1.82, 2.24) is 20.0 Å². The highest BCUT2D eigenvalue weighted by atomic mass is 79.9. The highest BCUT2D eigenvalue weighted by molar-refractivity contribution is 9.10. The first-order chi connectivity index (χ1) is 14.3. The lowest BCUT2D eigenvalue weighted by Gasteiger charge is -2.31. The third kappa shape index (κ3) is 3.71. The van der Waals surface area contributed by atoms with Crippen LogP contribution in [0.25, 0.3) is 0 Å². The summed E-state index contributed by atoms with van der Waals surface area (Å²) in [6.07, 6.45) is 2.49. The molecule has 1 aromatic carbocycles. The smallest absolute Gasteiger partial charge is 0.273 e. The second-order valence-corrected chi connectivity index (χ2v) is 9.04. The number of aromatic amines is 1. The van der Waals surface area contributed by atoms with Crippen molar-refractivity contribution in [1.29, 1.82) is 0 Å². The Balaban J connectivity index is 1.54. The number of rotatable bonds is 3. The van der Waals surface area contributed by atoms with Crippen molar-refractivity contribution in [3.63, 3.8) is 0 Å². The number of benzene rings is 1. The largest absolute Gasteiger partial charge is 0.381 e. The van der Waals surface area contributed by atoms with Crippen molar-refractivity contribution < 1.29 is 14.0 Å². The molecule has 0 aliphatic carbocycles. The first-order valence-electron chi connectivity index (χ1n) is 10.1. The zero-order valence-electron chi connectivity index (χ0n) is 17.0. The minimum Gasteiger partial charge on any atom is -0.381 e. The van der Waals surface area contributed by atoms with Crippen molar-refractivity contribution in [2.75, 3.05) is 18.8 Å². The number of likely N-dealkylation sites (tertiary alicyclic amines) is 1. The minimum absolute atomic E-state index is 0.00577. The number of anilines is 1. The van der Waals surface area contributed by atoms with Crippen LogP contribution in [0.1, 0.15) is 53.7 Å². The highest BCUT2D eigenvalue weighted by Gasteiger charge is 2.42. The van der Waals surface area contributed by atoms with E-state index in [1.807, 2.05) is 24.8 Å². The molecule has 3 unspecified atom stereocenters. The van der Waals surface area contributed by atoms with Crippen LogP contribution in [0.4, 0.5) is 10.2 Å². The van der Waals surface area contributed by atoms with Crippen molar-refractivity contribution in [2.24, 2.45) is 0 Å². The fourth-order valence-electron chi connectivity index (χ4n) is 4.64. The summed E-state index contributed by atoms with van der Waals surface area (Å²) in [5, 5.41) is 6.57. The lowest BCUT2D eigenvalue weighted by Crippen LogP contribution is -2.45. The molecule has 4 rings (SSSR count). The lowest BCUT2D eigenvalue weighted by molar-refractivity contribution is -0.135. The van der Waals surface area contributed by atoms with E-state index in [1.54, 1.807) is 4.90 Å². The standard InChI is InChI=1S/C21H25BrFN5O2/c1-11-7-13(9-14(23)8-11)12(2)20(29)28-15-3-4-16(28)10-27(6-5-15)21(30)18-17(22)19(24)26-25-18/h7-9,12,15-16H,3-6,10H2,1-2H3,(H3,24,25,26). The molecule has 9 heteroatoms. The number of nitrogens with zero attached hydrogens (tertiary/aromatic N) is 3. The predicted molar refractivity (Wildman–Crippen MR) is 114 cm³/mol. The van der Waals surface area contributed by atoms with Crippen LogP contribution in [0.3, 0.4) is 0 Å². The molecule has 3 atom stereocenters. The monoisotopic (exact) mass is 477 g/mol. The Morgan fingerprint density at radius 2 is 2.00 bits per heavy atom. The highest BCUT2D eigenvalue weighted by Crippen LogP contribution is 2.34. The van der Waals surface area contributed by atoms with E-state index < -0.39 is 5.92 Å². The summed E-state index contributed by atoms with van der Waals surface area (Å²) >= 11 is 3.31. The molecule has 2 fully saturated rings. The Hall–Kier alpha value is -2.42. The van der Waals surface area contributed by atoms with Gasteiger partial charge in [0.2, 0.25) is 5.91 Å². The van der Waals surface area contributed by atoms with Crippen molar-refractivity contribution in [3.05, 3.63) is 45.3 Å². The summed E-state index contributed by atoms with van der Waals surface area (Å²) in [5.41, 5.74) is 7.54. The molecule has 160 valence electrons. The van der Waals surface area contributed by atoms with Crippen molar-refractivity contribution in [2.45, 2.75) is 51.1 Å². The number of nitrogens with one attached hydrogen (secondary N) is 1. The van der Waals surface area contributed by atoms with Crippen LogP contribution in [0.5, 0.6) is 0 Å². The average Bonchev–Trinajstić information content (AvgIpc) is 3.17. The molecule has 0 radical (unpaired) electrons. The number of halogens is 2. The maximum absolute atomic E-state index is 13.9. The number of aryl methyl sites for hydroxylation is 1. The van der Waals surface area contributed by atoms with Gasteiger partial charge in [-0.15, -0.1) is 0 Å². The van der Waals surface area contributed by atoms with Gasteiger partial charge in [0.1, 0.15) is 11.5 Å². The SMILES string of the molecule is Cc1cc(F)cc(C(C)C(=O)N2C3CCC2CN(C(=O)c2[nH]nc(N)c2Br)CC3)c1. The summed E-state index contributed by atoms with van der Waals surface area (Å²) in [7, 11) is 0. The molecule has 0 saturated carbocycles. The van der Waals surface area contributed by atoms with E-state index in [2.05, 4.69) is 26.1 Å². The second kappa shape index (κ2) is 8.02. The molecule has 2 saturated heterocycles. The van der Waals surface area contributed by atoms with Gasteiger partial charge in [0.15, 0.2) is 5.82 Å². The number of hydrogen-bond donors (Lipinski definition) is 2. The number of hydrogen-bond acceptors (Lipinski definition) is 4. The summed E-state index contributed by atoms with van der Waals surface area (Å²) in [4.78, 5) is 30.1. The minimum atomic E-state index is -0.439. The van der Waals surface area contributed by atoms with Gasteiger partial charge in [0.05, 0.1) is 10.4 Å². The van der Waals surface area contributed by atoms with Crippen LogP contribution in [-0.2, 0) is 4.79 Å². The summed E-state index contributed by atoms with van der Waals surface area (Å²) in [6, 6.07) is 4.80. The molecule has 2 aliphatic rings. The van der Waals surface area contributed by atoms with Gasteiger partial charge >= 0.3 is 0 Å². The zero-order valence-corrected chi connectivity index (χ0v) is 18.6. The second-order valence-electron chi connectivity index (χ2n) is 8.25. The van der Waals surface area contributed by atoms with Crippen LogP contribution >= 0.6 is 15.9 Å². The summed E-state index contributed by atoms with van der Waals surface area (Å²) in [6.45, 7) is 4.67. The van der Waals surface area contributed by atoms with Gasteiger partial charge in [-0.25, -0.2) is 4.39 Å². The van der Waals surface area contributed by atoms with E-state index in [9.17, 15) is 14.0 Å². The quantitative estimate of drug-likeness (QED) is 0.709. The molecule has 2 amide bonds. The topological polar surface area (TPSA) is 95.3 Å². The maximum atomic E-state index is 13.9. The van der Waals surface area contributed by atoms with Gasteiger partial charge < -0.3 is 15.5 Å².